The molecule has 2 fully saturated rings. The summed E-state index contributed by atoms with van der Waals surface area (Å²) in [5.41, 5.74) is 0. The molecule has 1 atom stereocenters. The second-order valence-electron chi connectivity index (χ2n) is 5.21. The molecule has 0 aliphatic carbocycles. The molecule has 0 bridgehead atoms. The fourth-order valence-electron chi connectivity index (χ4n) is 2.76. The van der Waals surface area contributed by atoms with Gasteiger partial charge in [-0.3, -0.25) is 4.79 Å². The Morgan fingerprint density at radius 1 is 1.21 bits per heavy atom. The average Bonchev–Trinajstić information content (AvgIpc) is 2.89. The molecule has 2 saturated heterocycles. The van der Waals surface area contributed by atoms with Crippen LogP contribution in [0.2, 0.25) is 0 Å². The van der Waals surface area contributed by atoms with E-state index in [4.69, 9.17) is 0 Å². The van der Waals surface area contributed by atoms with E-state index in [0.717, 1.165) is 64.6 Å². The summed E-state index contributed by atoms with van der Waals surface area (Å²) in [5, 5.41) is 3.36. The molecule has 1 unspecified atom stereocenters. The Morgan fingerprint density at radius 2 is 1.89 bits per heavy atom. The summed E-state index contributed by atoms with van der Waals surface area (Å²) < 4.78 is 0. The van der Waals surface area contributed by atoms with E-state index in [9.17, 15) is 4.79 Å². The first kappa shape index (κ1) is 19.0. The number of hydrogen-bond donors (Lipinski definition) is 1. The van der Waals surface area contributed by atoms with E-state index in [1.165, 1.54) is 6.42 Å². The van der Waals surface area contributed by atoms with Crippen LogP contribution in [0.5, 0.6) is 0 Å². The van der Waals surface area contributed by atoms with Crippen molar-refractivity contribution in [2.75, 3.05) is 45.8 Å². The molecule has 2 aliphatic heterocycles. The molecular formula is C13H27Cl2N3O. The normalized spacial score (nSPS) is 23.6. The van der Waals surface area contributed by atoms with Crippen molar-refractivity contribution >= 4 is 30.7 Å². The summed E-state index contributed by atoms with van der Waals surface area (Å²) in [7, 11) is 0. The van der Waals surface area contributed by atoms with Crippen LogP contribution >= 0.6 is 24.8 Å². The maximum absolute atomic E-state index is 12.0. The molecule has 2 rings (SSSR count). The van der Waals surface area contributed by atoms with Crippen LogP contribution in [0.1, 0.15) is 26.2 Å². The highest BCUT2D eigenvalue weighted by Gasteiger charge is 2.21. The molecule has 1 amide bonds. The standard InChI is InChI=1S/C13H25N3O.2ClH/c1-2-15-7-9-16(10-8-15)13(17)4-3-12-5-6-14-11-12;;/h12,14H,2-11H2,1H3;2*1H. The number of carbonyl (C=O) groups excluding carboxylic acids is 1. The van der Waals surface area contributed by atoms with Gasteiger partial charge in [0.2, 0.25) is 5.91 Å². The second kappa shape index (κ2) is 9.81. The van der Waals surface area contributed by atoms with E-state index >= 15 is 0 Å². The SMILES string of the molecule is CCN1CCN(C(=O)CCC2CCNC2)CC1.Cl.Cl. The molecule has 0 aromatic carbocycles. The highest BCUT2D eigenvalue weighted by atomic mass is 35.5. The zero-order valence-electron chi connectivity index (χ0n) is 11.8. The number of rotatable bonds is 4. The predicted molar refractivity (Wildman–Crippen MR) is 83.4 cm³/mol. The maximum Gasteiger partial charge on any atom is 0.222 e. The molecule has 114 valence electrons. The fraction of sp³-hybridized carbons (Fsp3) is 0.923. The van der Waals surface area contributed by atoms with Gasteiger partial charge in [0.15, 0.2) is 0 Å². The van der Waals surface area contributed by atoms with Crippen molar-refractivity contribution in [3.8, 4) is 0 Å². The largest absolute Gasteiger partial charge is 0.340 e. The summed E-state index contributed by atoms with van der Waals surface area (Å²) in [5.74, 6) is 1.10. The topological polar surface area (TPSA) is 35.6 Å². The van der Waals surface area contributed by atoms with Gasteiger partial charge in [0, 0.05) is 32.6 Å². The monoisotopic (exact) mass is 311 g/mol. The first-order chi connectivity index (χ1) is 8.29. The van der Waals surface area contributed by atoms with Crippen molar-refractivity contribution in [1.29, 1.82) is 0 Å². The smallest absolute Gasteiger partial charge is 0.222 e. The van der Waals surface area contributed by atoms with Crippen LogP contribution < -0.4 is 5.32 Å². The van der Waals surface area contributed by atoms with Gasteiger partial charge >= 0.3 is 0 Å². The molecule has 0 radical (unpaired) electrons. The van der Waals surface area contributed by atoms with Gasteiger partial charge in [0.05, 0.1) is 0 Å². The predicted octanol–water partition coefficient (Wildman–Crippen LogP) is 1.38. The number of halogens is 2. The lowest BCUT2D eigenvalue weighted by Gasteiger charge is -2.34. The molecule has 4 nitrogen and oxygen atoms in total. The lowest BCUT2D eigenvalue weighted by Crippen LogP contribution is -2.48. The third-order valence-corrected chi connectivity index (χ3v) is 4.10. The Balaban J connectivity index is 0.00000162. The van der Waals surface area contributed by atoms with Gasteiger partial charge in [0.1, 0.15) is 0 Å². The number of likely N-dealkylation sites (N-methyl/N-ethyl adjacent to an activating group) is 1. The van der Waals surface area contributed by atoms with Crippen molar-refractivity contribution < 1.29 is 4.79 Å². The van der Waals surface area contributed by atoms with E-state index < -0.39 is 0 Å². The number of carbonyl (C=O) groups is 1. The molecule has 0 saturated carbocycles. The van der Waals surface area contributed by atoms with Crippen LogP contribution in [-0.2, 0) is 4.79 Å². The molecule has 2 heterocycles. The summed E-state index contributed by atoms with van der Waals surface area (Å²) in [6, 6.07) is 0. The Morgan fingerprint density at radius 3 is 2.42 bits per heavy atom. The van der Waals surface area contributed by atoms with Crippen molar-refractivity contribution in [2.45, 2.75) is 26.2 Å². The van der Waals surface area contributed by atoms with E-state index in [1.807, 2.05) is 0 Å². The van der Waals surface area contributed by atoms with E-state index in [2.05, 4.69) is 22.0 Å². The summed E-state index contributed by atoms with van der Waals surface area (Å²) in [4.78, 5) is 16.5. The van der Waals surface area contributed by atoms with Gasteiger partial charge in [-0.2, -0.15) is 0 Å². The average molecular weight is 312 g/mol. The number of nitrogens with zero attached hydrogens (tertiary/aromatic N) is 2. The number of nitrogens with one attached hydrogen (secondary N) is 1. The molecule has 1 N–H and O–H groups in total. The van der Waals surface area contributed by atoms with Crippen LogP contribution in [0.3, 0.4) is 0 Å². The third-order valence-electron chi connectivity index (χ3n) is 4.10. The minimum absolute atomic E-state index is 0. The van der Waals surface area contributed by atoms with E-state index in [1.54, 1.807) is 0 Å². The molecular weight excluding hydrogens is 285 g/mol. The highest BCUT2D eigenvalue weighted by molar-refractivity contribution is 5.85. The molecule has 0 spiro atoms. The maximum atomic E-state index is 12.0. The molecule has 19 heavy (non-hydrogen) atoms. The minimum atomic E-state index is 0. The first-order valence-corrected chi connectivity index (χ1v) is 7.00. The molecule has 6 heteroatoms. The van der Waals surface area contributed by atoms with Crippen molar-refractivity contribution in [3.05, 3.63) is 0 Å². The Hall–Kier alpha value is -0.0300. The van der Waals surface area contributed by atoms with Gasteiger partial charge in [-0.15, -0.1) is 24.8 Å². The molecule has 0 aromatic heterocycles. The van der Waals surface area contributed by atoms with Crippen LogP contribution in [0.15, 0.2) is 0 Å². The van der Waals surface area contributed by atoms with Crippen LogP contribution in [0.4, 0.5) is 0 Å². The quantitative estimate of drug-likeness (QED) is 0.852. The Kier molecular flexibility index (Phi) is 9.79. The number of amides is 1. The van der Waals surface area contributed by atoms with Crippen molar-refractivity contribution in [2.24, 2.45) is 5.92 Å². The Bertz CT molecular complexity index is 252. The van der Waals surface area contributed by atoms with Crippen LogP contribution in [0.25, 0.3) is 0 Å². The van der Waals surface area contributed by atoms with Gasteiger partial charge in [-0.1, -0.05) is 6.92 Å². The summed E-state index contributed by atoms with van der Waals surface area (Å²) >= 11 is 0. The highest BCUT2D eigenvalue weighted by Crippen LogP contribution is 2.15. The van der Waals surface area contributed by atoms with Gasteiger partial charge in [0.25, 0.3) is 0 Å². The first-order valence-electron chi connectivity index (χ1n) is 7.00. The third kappa shape index (κ3) is 5.86. The second-order valence-corrected chi connectivity index (χ2v) is 5.21. The van der Waals surface area contributed by atoms with E-state index in [0.29, 0.717) is 5.91 Å². The molecule has 0 aromatic rings. The Labute approximate surface area is 129 Å². The van der Waals surface area contributed by atoms with Gasteiger partial charge < -0.3 is 15.1 Å². The van der Waals surface area contributed by atoms with Gasteiger partial charge in [-0.05, 0) is 38.4 Å². The lowest BCUT2D eigenvalue weighted by atomic mass is 10.0. The zero-order chi connectivity index (χ0) is 12.1. The van der Waals surface area contributed by atoms with E-state index in [-0.39, 0.29) is 24.8 Å². The van der Waals surface area contributed by atoms with Gasteiger partial charge in [-0.25, -0.2) is 0 Å². The number of hydrogen-bond acceptors (Lipinski definition) is 3. The lowest BCUT2D eigenvalue weighted by molar-refractivity contribution is -0.133. The fourth-order valence-corrected chi connectivity index (χ4v) is 2.76. The van der Waals surface area contributed by atoms with Crippen molar-refractivity contribution in [3.63, 3.8) is 0 Å². The van der Waals surface area contributed by atoms with Crippen LogP contribution in [-0.4, -0.2) is 61.5 Å². The van der Waals surface area contributed by atoms with Crippen molar-refractivity contribution in [1.82, 2.24) is 15.1 Å². The van der Waals surface area contributed by atoms with Crippen LogP contribution in [0, 0.1) is 5.92 Å². The minimum Gasteiger partial charge on any atom is -0.340 e. The summed E-state index contributed by atoms with van der Waals surface area (Å²) in [6.45, 7) is 9.48. The summed E-state index contributed by atoms with van der Waals surface area (Å²) in [6.07, 6.45) is 3.06. The number of piperazine rings is 1. The zero-order valence-corrected chi connectivity index (χ0v) is 13.4. The molecule has 2 aliphatic rings.